The number of alkyl halides is 1. The van der Waals surface area contributed by atoms with Crippen LogP contribution in [0.25, 0.3) is 0 Å². The van der Waals surface area contributed by atoms with E-state index in [1.807, 2.05) is 37.9 Å². The molecule has 0 fully saturated rings. The number of nitrogens with zero attached hydrogens (tertiary/aromatic N) is 1. The molecule has 1 rings (SSSR count). The van der Waals surface area contributed by atoms with Crippen molar-refractivity contribution < 1.29 is 13.2 Å². The lowest BCUT2D eigenvalue weighted by atomic mass is 10.0. The molecule has 0 aliphatic heterocycles. The molecule has 0 radical (unpaired) electrons. The molecular formula is C21H28F3N. The number of hydrogen-bond donors (Lipinski definition) is 0. The standard InChI is InChI=1S/C21H28F3N/c1-7-8-16(4)25(17(5)12-15(3)22)13-14(2)11-19-9-10-20(23)18(6)21(19)24/h7-10,13,15,17H,1,11-12H2,2-6H3/b14-13+,16-8-. The molecule has 138 valence electrons. The van der Waals surface area contributed by atoms with E-state index in [1.54, 1.807) is 6.08 Å². The summed E-state index contributed by atoms with van der Waals surface area (Å²) in [7, 11) is 0. The van der Waals surface area contributed by atoms with Crippen molar-refractivity contribution >= 4 is 0 Å². The molecule has 2 atom stereocenters. The van der Waals surface area contributed by atoms with Gasteiger partial charge in [-0.05, 0) is 65.2 Å². The summed E-state index contributed by atoms with van der Waals surface area (Å²) in [5, 5.41) is 0. The number of benzene rings is 1. The average molecular weight is 351 g/mol. The molecule has 0 aliphatic carbocycles. The van der Waals surface area contributed by atoms with Gasteiger partial charge < -0.3 is 4.90 Å². The second kappa shape index (κ2) is 9.50. The summed E-state index contributed by atoms with van der Waals surface area (Å²) in [5.74, 6) is -1.05. The maximum absolute atomic E-state index is 14.2. The topological polar surface area (TPSA) is 3.24 Å². The quantitative estimate of drug-likeness (QED) is 0.501. The van der Waals surface area contributed by atoms with Gasteiger partial charge in [0.1, 0.15) is 11.6 Å². The minimum atomic E-state index is -0.917. The van der Waals surface area contributed by atoms with Crippen LogP contribution in [0, 0.1) is 18.6 Å². The Balaban J connectivity index is 3.09. The van der Waals surface area contributed by atoms with Gasteiger partial charge >= 0.3 is 0 Å². The Labute approximate surface area is 149 Å². The largest absolute Gasteiger partial charge is 0.349 e. The average Bonchev–Trinajstić information content (AvgIpc) is 2.52. The molecule has 0 bridgehead atoms. The highest BCUT2D eigenvalue weighted by molar-refractivity contribution is 5.30. The van der Waals surface area contributed by atoms with Gasteiger partial charge in [0.15, 0.2) is 0 Å². The molecule has 1 aromatic carbocycles. The molecule has 1 nitrogen and oxygen atoms in total. The molecule has 0 aliphatic rings. The fourth-order valence-electron chi connectivity index (χ4n) is 2.85. The van der Waals surface area contributed by atoms with Crippen LogP contribution in [0.4, 0.5) is 13.2 Å². The van der Waals surface area contributed by atoms with Crippen LogP contribution >= 0.6 is 0 Å². The summed E-state index contributed by atoms with van der Waals surface area (Å²) >= 11 is 0. The summed E-state index contributed by atoms with van der Waals surface area (Å²) in [6.45, 7) is 12.4. The minimum absolute atomic E-state index is 0.0320. The highest BCUT2D eigenvalue weighted by atomic mass is 19.1. The van der Waals surface area contributed by atoms with Crippen molar-refractivity contribution in [2.45, 2.75) is 59.7 Å². The third-order valence-corrected chi connectivity index (χ3v) is 4.14. The SMILES string of the molecule is C=C/C=C(/C)N(/C=C(\C)Cc1ccc(F)c(C)c1F)C(C)CC(C)F. The second-order valence-electron chi connectivity index (χ2n) is 6.61. The number of hydrogen-bond acceptors (Lipinski definition) is 1. The molecular weight excluding hydrogens is 323 g/mol. The van der Waals surface area contributed by atoms with Crippen LogP contribution in [0.1, 0.15) is 45.2 Å². The van der Waals surface area contributed by atoms with Gasteiger partial charge in [-0.1, -0.05) is 24.3 Å². The van der Waals surface area contributed by atoms with E-state index >= 15 is 0 Å². The van der Waals surface area contributed by atoms with Gasteiger partial charge in [0.05, 0.1) is 6.17 Å². The van der Waals surface area contributed by atoms with Crippen molar-refractivity contribution in [3.8, 4) is 0 Å². The third kappa shape index (κ3) is 6.11. The molecule has 0 heterocycles. The Hall–Kier alpha value is -1.97. The van der Waals surface area contributed by atoms with Crippen molar-refractivity contribution in [1.82, 2.24) is 4.90 Å². The van der Waals surface area contributed by atoms with Crippen LogP contribution in [0.15, 0.2) is 48.3 Å². The van der Waals surface area contributed by atoms with Crippen LogP contribution in [0.3, 0.4) is 0 Å². The minimum Gasteiger partial charge on any atom is -0.349 e. The first-order chi connectivity index (χ1) is 11.7. The molecule has 2 unspecified atom stereocenters. The maximum Gasteiger partial charge on any atom is 0.132 e. The van der Waals surface area contributed by atoms with E-state index in [0.29, 0.717) is 18.4 Å². The highest BCUT2D eigenvalue weighted by Crippen LogP contribution is 2.21. The molecule has 4 heteroatoms. The van der Waals surface area contributed by atoms with Gasteiger partial charge in [-0.3, -0.25) is 0 Å². The van der Waals surface area contributed by atoms with E-state index in [0.717, 1.165) is 11.3 Å². The Bertz CT molecular complexity index is 659. The highest BCUT2D eigenvalue weighted by Gasteiger charge is 2.16. The fraction of sp³-hybridized carbons (Fsp3) is 0.429. The number of allylic oxidation sites excluding steroid dienone is 4. The first-order valence-corrected chi connectivity index (χ1v) is 8.49. The normalized spacial score (nSPS) is 15.0. The lowest BCUT2D eigenvalue weighted by molar-refractivity contribution is 0.251. The second-order valence-corrected chi connectivity index (χ2v) is 6.61. The van der Waals surface area contributed by atoms with E-state index in [4.69, 9.17) is 0 Å². The lowest BCUT2D eigenvalue weighted by Gasteiger charge is -2.30. The Morgan fingerprint density at radius 1 is 1.24 bits per heavy atom. The van der Waals surface area contributed by atoms with Crippen molar-refractivity contribution in [2.24, 2.45) is 0 Å². The monoisotopic (exact) mass is 351 g/mol. The lowest BCUT2D eigenvalue weighted by Crippen LogP contribution is -2.29. The fourth-order valence-corrected chi connectivity index (χ4v) is 2.85. The zero-order chi connectivity index (χ0) is 19.1. The number of rotatable bonds is 8. The summed E-state index contributed by atoms with van der Waals surface area (Å²) in [6, 6.07) is 2.71. The van der Waals surface area contributed by atoms with E-state index in [1.165, 1.54) is 26.0 Å². The van der Waals surface area contributed by atoms with Crippen molar-refractivity contribution in [3.05, 3.63) is 71.1 Å². The van der Waals surface area contributed by atoms with Crippen LogP contribution in [0.2, 0.25) is 0 Å². The molecule has 0 N–H and O–H groups in total. The first kappa shape index (κ1) is 21.1. The Morgan fingerprint density at radius 3 is 2.44 bits per heavy atom. The molecule has 25 heavy (non-hydrogen) atoms. The molecule has 0 spiro atoms. The third-order valence-electron chi connectivity index (χ3n) is 4.14. The zero-order valence-electron chi connectivity index (χ0n) is 15.7. The van der Waals surface area contributed by atoms with Crippen LogP contribution in [0.5, 0.6) is 0 Å². The molecule has 0 aromatic heterocycles. The van der Waals surface area contributed by atoms with Crippen molar-refractivity contribution in [3.63, 3.8) is 0 Å². The Morgan fingerprint density at radius 2 is 1.88 bits per heavy atom. The summed E-state index contributed by atoms with van der Waals surface area (Å²) < 4.78 is 41.0. The van der Waals surface area contributed by atoms with E-state index < -0.39 is 17.8 Å². The number of halogens is 3. The molecule has 0 saturated carbocycles. The molecule has 0 saturated heterocycles. The van der Waals surface area contributed by atoms with Gasteiger partial charge in [-0.15, -0.1) is 0 Å². The summed E-state index contributed by atoms with van der Waals surface area (Å²) in [5.41, 5.74) is 2.31. The van der Waals surface area contributed by atoms with Crippen molar-refractivity contribution in [1.29, 1.82) is 0 Å². The van der Waals surface area contributed by atoms with Crippen LogP contribution in [-0.4, -0.2) is 17.1 Å². The van der Waals surface area contributed by atoms with Gasteiger partial charge in [0, 0.05) is 23.5 Å². The van der Waals surface area contributed by atoms with E-state index in [-0.39, 0.29) is 11.6 Å². The summed E-state index contributed by atoms with van der Waals surface area (Å²) in [6.07, 6.45) is 5.27. The smallest absolute Gasteiger partial charge is 0.132 e. The first-order valence-electron chi connectivity index (χ1n) is 8.49. The zero-order valence-corrected chi connectivity index (χ0v) is 15.7. The van der Waals surface area contributed by atoms with Gasteiger partial charge in [0.25, 0.3) is 0 Å². The molecule has 0 amide bonds. The predicted molar refractivity (Wildman–Crippen MR) is 99.0 cm³/mol. The van der Waals surface area contributed by atoms with E-state index in [2.05, 4.69) is 6.58 Å². The van der Waals surface area contributed by atoms with Gasteiger partial charge in [-0.2, -0.15) is 0 Å². The van der Waals surface area contributed by atoms with Gasteiger partial charge in [-0.25, -0.2) is 13.2 Å². The van der Waals surface area contributed by atoms with Gasteiger partial charge in [0.2, 0.25) is 0 Å². The molecule has 1 aromatic rings. The maximum atomic E-state index is 14.2. The van der Waals surface area contributed by atoms with Crippen LogP contribution < -0.4 is 0 Å². The van der Waals surface area contributed by atoms with Crippen molar-refractivity contribution in [2.75, 3.05) is 0 Å². The van der Waals surface area contributed by atoms with E-state index in [9.17, 15) is 13.2 Å². The van der Waals surface area contributed by atoms with Crippen LogP contribution in [-0.2, 0) is 6.42 Å². The predicted octanol–water partition coefficient (Wildman–Crippen LogP) is 6.25. The Kier molecular flexibility index (Phi) is 8.01. The summed E-state index contributed by atoms with van der Waals surface area (Å²) in [4.78, 5) is 1.97.